The molecule has 1 N–H and O–H groups in total. The summed E-state index contributed by atoms with van der Waals surface area (Å²) < 4.78 is 6.95. The standard InChI is InChI=1S/C21H21N5O3/c1-2-29-17-10-8-16(9-11-17)25-12-13-26-20(28)18(23-24-21(25)26)19(27)22-14-15-6-4-3-5-7-15/h3-11H,2,12-14H2,1H3,(H,22,27). The van der Waals surface area contributed by atoms with Crippen molar-refractivity contribution in [3.05, 3.63) is 76.2 Å². The summed E-state index contributed by atoms with van der Waals surface area (Å²) in [5, 5.41) is 10.8. The van der Waals surface area contributed by atoms with Crippen molar-refractivity contribution >= 4 is 17.5 Å². The molecule has 1 aromatic heterocycles. The normalized spacial score (nSPS) is 12.5. The highest BCUT2D eigenvalue weighted by molar-refractivity contribution is 5.91. The van der Waals surface area contributed by atoms with Crippen LogP contribution in [0.2, 0.25) is 0 Å². The summed E-state index contributed by atoms with van der Waals surface area (Å²) >= 11 is 0. The second-order valence-electron chi connectivity index (χ2n) is 6.55. The third-order valence-electron chi connectivity index (χ3n) is 4.69. The van der Waals surface area contributed by atoms with Gasteiger partial charge in [0.25, 0.3) is 11.5 Å². The molecule has 0 unspecified atom stereocenters. The Morgan fingerprint density at radius 3 is 2.55 bits per heavy atom. The Balaban J connectivity index is 1.53. The van der Waals surface area contributed by atoms with Crippen LogP contribution in [0, 0.1) is 0 Å². The zero-order chi connectivity index (χ0) is 20.2. The first-order valence-corrected chi connectivity index (χ1v) is 9.47. The smallest absolute Gasteiger partial charge is 0.286 e. The summed E-state index contributed by atoms with van der Waals surface area (Å²) in [6, 6.07) is 17.0. The number of hydrogen-bond acceptors (Lipinski definition) is 6. The average Bonchev–Trinajstić information content (AvgIpc) is 3.19. The fourth-order valence-corrected chi connectivity index (χ4v) is 3.25. The van der Waals surface area contributed by atoms with Crippen molar-refractivity contribution in [1.29, 1.82) is 0 Å². The number of carbonyl (C=O) groups excluding carboxylic acids is 1. The van der Waals surface area contributed by atoms with Crippen molar-refractivity contribution in [3.8, 4) is 5.75 Å². The zero-order valence-corrected chi connectivity index (χ0v) is 16.0. The van der Waals surface area contributed by atoms with Crippen LogP contribution < -0.4 is 20.5 Å². The second-order valence-corrected chi connectivity index (χ2v) is 6.55. The van der Waals surface area contributed by atoms with Crippen LogP contribution in [0.1, 0.15) is 23.0 Å². The van der Waals surface area contributed by atoms with Gasteiger partial charge in [0.1, 0.15) is 5.75 Å². The van der Waals surface area contributed by atoms with Crippen molar-refractivity contribution in [2.75, 3.05) is 18.1 Å². The highest BCUT2D eigenvalue weighted by Crippen LogP contribution is 2.28. The lowest BCUT2D eigenvalue weighted by Crippen LogP contribution is -2.34. The quantitative estimate of drug-likeness (QED) is 0.692. The van der Waals surface area contributed by atoms with E-state index in [1.165, 1.54) is 4.57 Å². The Labute approximate surface area is 167 Å². The van der Waals surface area contributed by atoms with Crippen molar-refractivity contribution in [2.24, 2.45) is 0 Å². The zero-order valence-electron chi connectivity index (χ0n) is 16.0. The van der Waals surface area contributed by atoms with Crippen LogP contribution in [-0.2, 0) is 13.1 Å². The van der Waals surface area contributed by atoms with Crippen LogP contribution in [0.25, 0.3) is 0 Å². The molecule has 8 heteroatoms. The van der Waals surface area contributed by atoms with E-state index in [0.29, 0.717) is 32.2 Å². The van der Waals surface area contributed by atoms with Crippen molar-refractivity contribution in [3.63, 3.8) is 0 Å². The molecule has 2 aromatic carbocycles. The van der Waals surface area contributed by atoms with Crippen LogP contribution in [0.3, 0.4) is 0 Å². The van der Waals surface area contributed by atoms with E-state index in [1.54, 1.807) is 0 Å². The number of nitrogens with one attached hydrogen (secondary N) is 1. The Kier molecular flexibility index (Phi) is 5.24. The van der Waals surface area contributed by atoms with Gasteiger partial charge in [-0.25, -0.2) is 0 Å². The first kappa shape index (κ1) is 18.7. The van der Waals surface area contributed by atoms with Crippen LogP contribution in [-0.4, -0.2) is 33.8 Å². The molecule has 0 radical (unpaired) electrons. The van der Waals surface area contributed by atoms with Crippen molar-refractivity contribution in [1.82, 2.24) is 20.1 Å². The summed E-state index contributed by atoms with van der Waals surface area (Å²) in [4.78, 5) is 27.1. The lowest BCUT2D eigenvalue weighted by Gasteiger charge is -2.17. The number of amides is 1. The summed E-state index contributed by atoms with van der Waals surface area (Å²) in [5.74, 6) is 0.685. The number of hydrogen-bond donors (Lipinski definition) is 1. The van der Waals surface area contributed by atoms with E-state index in [4.69, 9.17) is 4.74 Å². The molecular weight excluding hydrogens is 370 g/mol. The molecule has 1 amide bonds. The summed E-state index contributed by atoms with van der Waals surface area (Å²) in [6.07, 6.45) is 0. The molecule has 0 bridgehead atoms. The summed E-state index contributed by atoms with van der Waals surface area (Å²) in [6.45, 7) is 3.87. The molecule has 0 saturated carbocycles. The fraction of sp³-hybridized carbons (Fsp3) is 0.238. The number of nitrogens with zero attached hydrogens (tertiary/aromatic N) is 4. The number of ether oxygens (including phenoxy) is 1. The molecule has 4 rings (SSSR count). The lowest BCUT2D eigenvalue weighted by molar-refractivity contribution is 0.0942. The molecule has 1 aliphatic heterocycles. The van der Waals surface area contributed by atoms with E-state index in [9.17, 15) is 9.59 Å². The second kappa shape index (κ2) is 8.14. The molecule has 2 heterocycles. The van der Waals surface area contributed by atoms with Gasteiger partial charge in [-0.2, -0.15) is 0 Å². The van der Waals surface area contributed by atoms with Crippen LogP contribution in [0.15, 0.2) is 59.4 Å². The van der Waals surface area contributed by atoms with Crippen LogP contribution >= 0.6 is 0 Å². The fourth-order valence-electron chi connectivity index (χ4n) is 3.25. The Hall–Kier alpha value is -3.68. The van der Waals surface area contributed by atoms with Gasteiger partial charge in [-0.15, -0.1) is 10.2 Å². The van der Waals surface area contributed by atoms with E-state index in [-0.39, 0.29) is 5.69 Å². The van der Waals surface area contributed by atoms with E-state index >= 15 is 0 Å². The van der Waals surface area contributed by atoms with Gasteiger partial charge in [0.15, 0.2) is 0 Å². The molecule has 148 valence electrons. The maximum Gasteiger partial charge on any atom is 0.286 e. The van der Waals surface area contributed by atoms with E-state index < -0.39 is 11.5 Å². The molecule has 0 spiro atoms. The van der Waals surface area contributed by atoms with Crippen molar-refractivity contribution in [2.45, 2.75) is 20.0 Å². The molecule has 8 nitrogen and oxygen atoms in total. The number of carbonyl (C=O) groups is 1. The van der Waals surface area contributed by atoms with Gasteiger partial charge in [-0.05, 0) is 36.8 Å². The van der Waals surface area contributed by atoms with Crippen LogP contribution in [0.5, 0.6) is 5.75 Å². The molecule has 1 aliphatic rings. The largest absolute Gasteiger partial charge is 0.494 e. The number of fused-ring (bicyclic) bond motifs is 1. The SMILES string of the molecule is CCOc1ccc(N2CCn3c2nnc(C(=O)NCc2ccccc2)c3=O)cc1. The van der Waals surface area contributed by atoms with Gasteiger partial charge >= 0.3 is 0 Å². The number of benzene rings is 2. The topological polar surface area (TPSA) is 89.3 Å². The average molecular weight is 391 g/mol. The Morgan fingerprint density at radius 1 is 1.07 bits per heavy atom. The summed E-state index contributed by atoms with van der Waals surface area (Å²) in [7, 11) is 0. The predicted octanol–water partition coefficient (Wildman–Crippen LogP) is 2.12. The van der Waals surface area contributed by atoms with E-state index in [2.05, 4.69) is 15.5 Å². The molecule has 0 fully saturated rings. The first-order valence-electron chi connectivity index (χ1n) is 9.47. The third kappa shape index (κ3) is 3.82. The van der Waals surface area contributed by atoms with Gasteiger partial charge in [0.2, 0.25) is 11.6 Å². The number of aromatic nitrogens is 3. The van der Waals surface area contributed by atoms with E-state index in [0.717, 1.165) is 17.0 Å². The van der Waals surface area contributed by atoms with Gasteiger partial charge in [0.05, 0.1) is 6.61 Å². The van der Waals surface area contributed by atoms with E-state index in [1.807, 2.05) is 66.4 Å². The highest BCUT2D eigenvalue weighted by Gasteiger charge is 2.27. The maximum atomic E-state index is 12.8. The number of rotatable bonds is 6. The number of anilines is 2. The molecule has 0 aliphatic carbocycles. The molecule has 29 heavy (non-hydrogen) atoms. The Morgan fingerprint density at radius 2 is 1.83 bits per heavy atom. The molecular formula is C21H21N5O3. The van der Waals surface area contributed by atoms with Gasteiger partial charge < -0.3 is 15.0 Å². The molecule has 0 saturated heterocycles. The Bertz CT molecular complexity index is 1060. The molecule has 0 atom stereocenters. The van der Waals surface area contributed by atoms with Gasteiger partial charge in [0, 0.05) is 25.3 Å². The lowest BCUT2D eigenvalue weighted by atomic mass is 10.2. The van der Waals surface area contributed by atoms with Gasteiger partial charge in [-0.1, -0.05) is 30.3 Å². The third-order valence-corrected chi connectivity index (χ3v) is 4.69. The maximum absolute atomic E-state index is 12.8. The van der Waals surface area contributed by atoms with Crippen LogP contribution in [0.4, 0.5) is 11.6 Å². The minimum atomic E-state index is -0.527. The minimum Gasteiger partial charge on any atom is -0.494 e. The predicted molar refractivity (Wildman–Crippen MR) is 109 cm³/mol. The highest BCUT2D eigenvalue weighted by atomic mass is 16.5. The monoisotopic (exact) mass is 391 g/mol. The summed E-state index contributed by atoms with van der Waals surface area (Å²) in [5.41, 5.74) is 1.19. The molecule has 3 aromatic rings. The van der Waals surface area contributed by atoms with Gasteiger partial charge in [-0.3, -0.25) is 14.2 Å². The van der Waals surface area contributed by atoms with Crippen molar-refractivity contribution < 1.29 is 9.53 Å². The first-order chi connectivity index (χ1) is 14.2. The minimum absolute atomic E-state index is 0.196.